The summed E-state index contributed by atoms with van der Waals surface area (Å²) >= 11 is 1.29. The molecular weight excluding hydrogens is 286 g/mol. The molecule has 0 unspecified atom stereocenters. The average molecular weight is 297 g/mol. The number of carbonyl (C=O) groups is 1. The fraction of sp³-hybridized carbons (Fsp3) is 0.133. The van der Waals surface area contributed by atoms with Gasteiger partial charge in [-0.2, -0.15) is 10.5 Å². The molecule has 0 saturated heterocycles. The molecule has 0 aliphatic carbocycles. The van der Waals surface area contributed by atoms with Crippen LogP contribution in [0.25, 0.3) is 0 Å². The van der Waals surface area contributed by atoms with Crippen molar-refractivity contribution in [1.82, 2.24) is 0 Å². The van der Waals surface area contributed by atoms with Gasteiger partial charge in [-0.1, -0.05) is 0 Å². The number of hydrogen-bond donors (Lipinski definition) is 1. The normalized spacial score (nSPS) is 11.0. The van der Waals surface area contributed by atoms with E-state index < -0.39 is 6.10 Å². The van der Waals surface area contributed by atoms with Gasteiger partial charge in [0.15, 0.2) is 6.10 Å². The molecule has 1 heterocycles. The van der Waals surface area contributed by atoms with Gasteiger partial charge in [-0.3, -0.25) is 4.79 Å². The van der Waals surface area contributed by atoms with Crippen LogP contribution in [0.15, 0.2) is 35.7 Å². The molecule has 0 radical (unpaired) electrons. The Bertz CT molecular complexity index is 723. The molecular formula is C15H11N3O2S. The van der Waals surface area contributed by atoms with Crippen LogP contribution in [0.5, 0.6) is 5.75 Å². The Labute approximate surface area is 126 Å². The maximum absolute atomic E-state index is 12.0. The van der Waals surface area contributed by atoms with E-state index in [1.54, 1.807) is 42.6 Å². The highest BCUT2D eigenvalue weighted by Crippen LogP contribution is 2.22. The maximum atomic E-state index is 12.0. The van der Waals surface area contributed by atoms with Crippen molar-refractivity contribution in [3.05, 3.63) is 46.8 Å². The molecule has 5 nitrogen and oxygen atoms in total. The van der Waals surface area contributed by atoms with E-state index in [1.807, 2.05) is 12.1 Å². The Hall–Kier alpha value is -2.83. The topological polar surface area (TPSA) is 85.9 Å². The number of nitriles is 2. The molecule has 1 aromatic carbocycles. The summed E-state index contributed by atoms with van der Waals surface area (Å²) in [5, 5.41) is 22.5. The first-order valence-electron chi connectivity index (χ1n) is 6.09. The number of anilines is 1. The molecule has 0 fully saturated rings. The lowest BCUT2D eigenvalue weighted by molar-refractivity contribution is -0.122. The van der Waals surface area contributed by atoms with Gasteiger partial charge < -0.3 is 10.1 Å². The second-order valence-electron chi connectivity index (χ2n) is 4.16. The van der Waals surface area contributed by atoms with Gasteiger partial charge in [-0.15, -0.1) is 11.3 Å². The van der Waals surface area contributed by atoms with E-state index in [1.165, 1.54) is 11.3 Å². The largest absolute Gasteiger partial charge is 0.481 e. The first-order chi connectivity index (χ1) is 10.1. The van der Waals surface area contributed by atoms with Gasteiger partial charge in [0.1, 0.15) is 16.8 Å². The van der Waals surface area contributed by atoms with Crippen LogP contribution in [0.3, 0.4) is 0 Å². The van der Waals surface area contributed by atoms with Crippen molar-refractivity contribution in [2.75, 3.05) is 5.32 Å². The Morgan fingerprint density at radius 3 is 2.57 bits per heavy atom. The molecule has 0 aliphatic rings. The minimum absolute atomic E-state index is 0.335. The monoisotopic (exact) mass is 297 g/mol. The summed E-state index contributed by atoms with van der Waals surface area (Å²) in [4.78, 5) is 12.0. The van der Waals surface area contributed by atoms with Crippen LogP contribution in [0.2, 0.25) is 0 Å². The summed E-state index contributed by atoms with van der Waals surface area (Å²) in [6.45, 7) is 1.62. The summed E-state index contributed by atoms with van der Waals surface area (Å²) < 4.78 is 5.50. The molecule has 1 atom stereocenters. The number of amides is 1. The van der Waals surface area contributed by atoms with E-state index in [9.17, 15) is 4.79 Å². The quantitative estimate of drug-likeness (QED) is 0.940. The lowest BCUT2D eigenvalue weighted by Gasteiger charge is -2.14. The molecule has 1 amide bonds. The van der Waals surface area contributed by atoms with Gasteiger partial charge in [-0.05, 0) is 42.6 Å². The molecule has 1 N–H and O–H groups in total. The van der Waals surface area contributed by atoms with Crippen LogP contribution < -0.4 is 10.1 Å². The van der Waals surface area contributed by atoms with Gasteiger partial charge in [0.05, 0.1) is 17.2 Å². The minimum Gasteiger partial charge on any atom is -0.481 e. The summed E-state index contributed by atoms with van der Waals surface area (Å²) in [5.74, 6) is 0.168. The van der Waals surface area contributed by atoms with Crippen LogP contribution in [0.4, 0.5) is 5.00 Å². The molecule has 2 rings (SSSR count). The van der Waals surface area contributed by atoms with Crippen LogP contribution in [-0.4, -0.2) is 12.0 Å². The van der Waals surface area contributed by atoms with E-state index in [2.05, 4.69) is 5.32 Å². The first-order valence-corrected chi connectivity index (χ1v) is 6.97. The predicted octanol–water partition coefficient (Wildman–Crippen LogP) is 2.90. The number of rotatable bonds is 4. The van der Waals surface area contributed by atoms with Crippen molar-refractivity contribution in [2.45, 2.75) is 13.0 Å². The van der Waals surface area contributed by atoms with Crippen LogP contribution in [0, 0.1) is 22.7 Å². The van der Waals surface area contributed by atoms with Gasteiger partial charge in [-0.25, -0.2) is 0 Å². The number of nitrogens with zero attached hydrogens (tertiary/aromatic N) is 2. The molecule has 0 spiro atoms. The number of benzene rings is 1. The van der Waals surface area contributed by atoms with E-state index in [0.29, 0.717) is 21.9 Å². The SMILES string of the molecule is C[C@@H](Oc1ccc(C#N)cc1)C(=O)Nc1sccc1C#N. The number of carbonyl (C=O) groups excluding carboxylic acids is 1. The van der Waals surface area contributed by atoms with E-state index in [4.69, 9.17) is 15.3 Å². The standard InChI is InChI=1S/C15H11N3O2S/c1-10(20-13-4-2-11(8-16)3-5-13)14(19)18-15-12(9-17)6-7-21-15/h2-7,10H,1H3,(H,18,19)/t10-/m1/s1. The summed E-state index contributed by atoms with van der Waals surface area (Å²) in [5.41, 5.74) is 0.954. The highest BCUT2D eigenvalue weighted by Gasteiger charge is 2.17. The van der Waals surface area contributed by atoms with Crippen molar-refractivity contribution < 1.29 is 9.53 Å². The Morgan fingerprint density at radius 1 is 1.24 bits per heavy atom. The summed E-state index contributed by atoms with van der Waals surface area (Å²) in [7, 11) is 0. The number of ether oxygens (including phenoxy) is 1. The van der Waals surface area contributed by atoms with Crippen molar-refractivity contribution in [1.29, 1.82) is 10.5 Å². The molecule has 2 aromatic rings. The fourth-order valence-electron chi connectivity index (χ4n) is 1.57. The Kier molecular flexibility index (Phi) is 4.55. The molecule has 1 aromatic heterocycles. The molecule has 0 aliphatic heterocycles. The lowest BCUT2D eigenvalue weighted by atomic mass is 10.2. The molecule has 6 heteroatoms. The van der Waals surface area contributed by atoms with Crippen LogP contribution in [0.1, 0.15) is 18.1 Å². The molecule has 104 valence electrons. The van der Waals surface area contributed by atoms with Crippen molar-refractivity contribution in [3.63, 3.8) is 0 Å². The third kappa shape index (κ3) is 3.59. The second-order valence-corrected chi connectivity index (χ2v) is 5.08. The summed E-state index contributed by atoms with van der Waals surface area (Å²) in [6.07, 6.45) is -0.716. The zero-order chi connectivity index (χ0) is 15.2. The minimum atomic E-state index is -0.716. The third-order valence-electron chi connectivity index (χ3n) is 2.69. The van der Waals surface area contributed by atoms with E-state index in [0.717, 1.165) is 0 Å². The van der Waals surface area contributed by atoms with E-state index >= 15 is 0 Å². The molecule has 0 bridgehead atoms. The highest BCUT2D eigenvalue weighted by atomic mass is 32.1. The number of hydrogen-bond acceptors (Lipinski definition) is 5. The molecule has 21 heavy (non-hydrogen) atoms. The van der Waals surface area contributed by atoms with Gasteiger partial charge in [0.25, 0.3) is 5.91 Å². The number of thiophene rings is 1. The maximum Gasteiger partial charge on any atom is 0.265 e. The Morgan fingerprint density at radius 2 is 1.95 bits per heavy atom. The Balaban J connectivity index is 1.99. The van der Waals surface area contributed by atoms with Crippen molar-refractivity contribution >= 4 is 22.2 Å². The smallest absolute Gasteiger partial charge is 0.265 e. The highest BCUT2D eigenvalue weighted by molar-refractivity contribution is 7.14. The second kappa shape index (κ2) is 6.56. The van der Waals surface area contributed by atoms with Crippen LogP contribution >= 0.6 is 11.3 Å². The van der Waals surface area contributed by atoms with Crippen molar-refractivity contribution in [3.8, 4) is 17.9 Å². The van der Waals surface area contributed by atoms with Crippen molar-refractivity contribution in [2.24, 2.45) is 0 Å². The van der Waals surface area contributed by atoms with Gasteiger partial charge in [0, 0.05) is 0 Å². The summed E-state index contributed by atoms with van der Waals surface area (Å²) in [6, 6.07) is 12.2. The van der Waals surface area contributed by atoms with Gasteiger partial charge in [0.2, 0.25) is 0 Å². The average Bonchev–Trinajstić information content (AvgIpc) is 2.95. The number of nitrogens with one attached hydrogen (secondary N) is 1. The molecule has 0 saturated carbocycles. The first kappa shape index (κ1) is 14.6. The zero-order valence-corrected chi connectivity index (χ0v) is 12.0. The predicted molar refractivity (Wildman–Crippen MR) is 78.9 cm³/mol. The fourth-order valence-corrected chi connectivity index (χ4v) is 2.31. The third-order valence-corrected chi connectivity index (χ3v) is 3.52. The zero-order valence-electron chi connectivity index (χ0n) is 11.2. The lowest BCUT2D eigenvalue weighted by Crippen LogP contribution is -2.30. The van der Waals surface area contributed by atoms with Crippen LogP contribution in [-0.2, 0) is 4.79 Å². The van der Waals surface area contributed by atoms with E-state index in [-0.39, 0.29) is 5.91 Å². The van der Waals surface area contributed by atoms with Gasteiger partial charge >= 0.3 is 0 Å².